The van der Waals surface area contributed by atoms with Crippen molar-refractivity contribution in [2.75, 3.05) is 5.43 Å². The van der Waals surface area contributed by atoms with Crippen LogP contribution in [0.2, 0.25) is 0 Å². The van der Waals surface area contributed by atoms with Crippen molar-refractivity contribution in [1.82, 2.24) is 4.98 Å². The summed E-state index contributed by atoms with van der Waals surface area (Å²) in [6.07, 6.45) is 1.73. The monoisotopic (exact) mass is 449 g/mol. The minimum atomic E-state index is 0.736. The van der Waals surface area contributed by atoms with Crippen LogP contribution in [0.3, 0.4) is 0 Å². The third-order valence-corrected chi connectivity index (χ3v) is 5.17. The zero-order valence-electron chi connectivity index (χ0n) is 14.7. The molecule has 1 aromatic heterocycles. The number of rotatable bonds is 6. The van der Waals surface area contributed by atoms with Gasteiger partial charge in [-0.1, -0.05) is 58.4 Å². The zero-order chi connectivity index (χ0) is 19.2. The van der Waals surface area contributed by atoms with Crippen LogP contribution in [-0.2, 0) is 0 Å². The van der Waals surface area contributed by atoms with Crippen LogP contribution in [0.15, 0.2) is 93.8 Å². The van der Waals surface area contributed by atoms with Gasteiger partial charge in [-0.2, -0.15) is 5.10 Å². The minimum absolute atomic E-state index is 0.736. The van der Waals surface area contributed by atoms with Crippen LogP contribution in [-0.4, -0.2) is 11.2 Å². The van der Waals surface area contributed by atoms with E-state index in [4.69, 9.17) is 4.74 Å². The van der Waals surface area contributed by atoms with Gasteiger partial charge in [0.05, 0.1) is 11.9 Å². The molecule has 0 unspecified atom stereocenters. The van der Waals surface area contributed by atoms with Gasteiger partial charge < -0.3 is 4.74 Å². The maximum Gasteiger partial charge on any atom is 0.203 e. The van der Waals surface area contributed by atoms with E-state index >= 15 is 0 Å². The van der Waals surface area contributed by atoms with E-state index < -0.39 is 0 Å². The van der Waals surface area contributed by atoms with Crippen LogP contribution < -0.4 is 10.2 Å². The average Bonchev–Trinajstić information content (AvgIpc) is 3.21. The van der Waals surface area contributed by atoms with Gasteiger partial charge in [-0.25, -0.2) is 4.98 Å². The SMILES string of the molecule is Brc1ccc(Oc2ccccc2C=NNc2nc(-c3ccccc3)cs2)cc1. The normalized spacial score (nSPS) is 10.9. The number of nitrogens with zero attached hydrogens (tertiary/aromatic N) is 2. The van der Waals surface area contributed by atoms with Crippen molar-refractivity contribution >= 4 is 38.6 Å². The van der Waals surface area contributed by atoms with E-state index in [-0.39, 0.29) is 0 Å². The van der Waals surface area contributed by atoms with Gasteiger partial charge in [-0.15, -0.1) is 11.3 Å². The molecule has 0 bridgehead atoms. The van der Waals surface area contributed by atoms with E-state index in [9.17, 15) is 0 Å². The van der Waals surface area contributed by atoms with Crippen LogP contribution in [0.5, 0.6) is 11.5 Å². The maximum atomic E-state index is 5.98. The van der Waals surface area contributed by atoms with Crippen LogP contribution in [0, 0.1) is 0 Å². The molecule has 4 aromatic rings. The zero-order valence-corrected chi connectivity index (χ0v) is 17.2. The molecule has 3 aromatic carbocycles. The van der Waals surface area contributed by atoms with Gasteiger partial charge in [0.15, 0.2) is 0 Å². The standard InChI is InChI=1S/C22H16BrN3OS/c23-18-10-12-19(13-11-18)27-21-9-5-4-8-17(21)14-24-26-22-25-20(15-28-22)16-6-2-1-3-7-16/h1-15H,(H,25,26). The molecule has 28 heavy (non-hydrogen) atoms. The van der Waals surface area contributed by atoms with Crippen molar-refractivity contribution < 1.29 is 4.74 Å². The summed E-state index contributed by atoms with van der Waals surface area (Å²) in [5, 5.41) is 7.07. The number of halogens is 1. The Hall–Kier alpha value is -2.96. The van der Waals surface area contributed by atoms with E-state index in [0.717, 1.165) is 37.9 Å². The van der Waals surface area contributed by atoms with Crippen LogP contribution in [0.1, 0.15) is 5.56 Å². The lowest BCUT2D eigenvalue weighted by molar-refractivity contribution is 0.482. The van der Waals surface area contributed by atoms with E-state index in [0.29, 0.717) is 0 Å². The first-order chi connectivity index (χ1) is 13.8. The molecule has 0 aliphatic heterocycles. The fourth-order valence-electron chi connectivity index (χ4n) is 2.53. The lowest BCUT2D eigenvalue weighted by Gasteiger charge is -2.08. The Morgan fingerprint density at radius 1 is 0.929 bits per heavy atom. The highest BCUT2D eigenvalue weighted by Crippen LogP contribution is 2.26. The molecule has 0 saturated carbocycles. The molecule has 0 radical (unpaired) electrons. The van der Waals surface area contributed by atoms with Crippen LogP contribution in [0.4, 0.5) is 5.13 Å². The summed E-state index contributed by atoms with van der Waals surface area (Å²) >= 11 is 4.94. The molecule has 6 heteroatoms. The fraction of sp³-hybridized carbons (Fsp3) is 0. The second-order valence-electron chi connectivity index (χ2n) is 5.87. The highest BCUT2D eigenvalue weighted by atomic mass is 79.9. The predicted octanol–water partition coefficient (Wildman–Crippen LogP) is 6.81. The van der Waals surface area contributed by atoms with Crippen molar-refractivity contribution in [2.45, 2.75) is 0 Å². The number of thiazole rings is 1. The molecule has 0 saturated heterocycles. The fourth-order valence-corrected chi connectivity index (χ4v) is 3.47. The van der Waals surface area contributed by atoms with Gasteiger partial charge in [0, 0.05) is 21.0 Å². The molecular weight excluding hydrogens is 434 g/mol. The first-order valence-corrected chi connectivity index (χ1v) is 10.3. The molecule has 0 aliphatic carbocycles. The Labute approximate surface area is 175 Å². The molecule has 138 valence electrons. The second-order valence-corrected chi connectivity index (χ2v) is 7.64. The van der Waals surface area contributed by atoms with Crippen LogP contribution >= 0.6 is 27.3 Å². The molecule has 0 aliphatic rings. The number of hydrogen-bond donors (Lipinski definition) is 1. The number of ether oxygens (including phenoxy) is 1. The summed E-state index contributed by atoms with van der Waals surface area (Å²) in [5.74, 6) is 1.50. The summed E-state index contributed by atoms with van der Waals surface area (Å²) in [4.78, 5) is 4.57. The Balaban J connectivity index is 1.45. The van der Waals surface area contributed by atoms with Crippen molar-refractivity contribution in [2.24, 2.45) is 5.10 Å². The third kappa shape index (κ3) is 4.65. The van der Waals surface area contributed by atoms with Crippen LogP contribution in [0.25, 0.3) is 11.3 Å². The predicted molar refractivity (Wildman–Crippen MR) is 119 cm³/mol. The summed E-state index contributed by atoms with van der Waals surface area (Å²) in [5.41, 5.74) is 5.89. The molecule has 4 nitrogen and oxygen atoms in total. The molecular formula is C22H16BrN3OS. The van der Waals surface area contributed by atoms with Gasteiger partial charge in [0.1, 0.15) is 11.5 Å². The van der Waals surface area contributed by atoms with Crippen molar-refractivity contribution in [3.8, 4) is 22.8 Å². The van der Waals surface area contributed by atoms with Gasteiger partial charge >= 0.3 is 0 Å². The molecule has 0 fully saturated rings. The smallest absolute Gasteiger partial charge is 0.203 e. The Morgan fingerprint density at radius 3 is 2.50 bits per heavy atom. The van der Waals surface area contributed by atoms with E-state index in [1.54, 1.807) is 6.21 Å². The highest BCUT2D eigenvalue weighted by molar-refractivity contribution is 9.10. The van der Waals surface area contributed by atoms with E-state index in [1.807, 2.05) is 84.2 Å². The number of hydrazone groups is 1. The number of para-hydroxylation sites is 1. The quantitative estimate of drug-likeness (QED) is 0.259. The molecule has 4 rings (SSSR count). The van der Waals surface area contributed by atoms with E-state index in [2.05, 4.69) is 31.4 Å². The first kappa shape index (κ1) is 18.4. The third-order valence-electron chi connectivity index (χ3n) is 3.90. The van der Waals surface area contributed by atoms with Crippen molar-refractivity contribution in [1.29, 1.82) is 0 Å². The number of aromatic nitrogens is 1. The number of anilines is 1. The number of benzene rings is 3. The molecule has 1 heterocycles. The van der Waals surface area contributed by atoms with Crippen molar-refractivity contribution in [3.05, 3.63) is 94.3 Å². The summed E-state index contributed by atoms with van der Waals surface area (Å²) < 4.78 is 6.99. The molecule has 1 N–H and O–H groups in total. The topological polar surface area (TPSA) is 46.5 Å². The highest BCUT2D eigenvalue weighted by Gasteiger charge is 2.04. The lowest BCUT2D eigenvalue weighted by Crippen LogP contribution is -1.93. The largest absolute Gasteiger partial charge is 0.457 e. The van der Waals surface area contributed by atoms with Gasteiger partial charge in [-0.3, -0.25) is 5.43 Å². The van der Waals surface area contributed by atoms with E-state index in [1.165, 1.54) is 11.3 Å². The number of hydrogen-bond acceptors (Lipinski definition) is 5. The van der Waals surface area contributed by atoms with Gasteiger partial charge in [-0.05, 0) is 36.4 Å². The second kappa shape index (κ2) is 8.82. The maximum absolute atomic E-state index is 5.98. The molecule has 0 spiro atoms. The van der Waals surface area contributed by atoms with Gasteiger partial charge in [0.2, 0.25) is 5.13 Å². The van der Waals surface area contributed by atoms with Crippen molar-refractivity contribution in [3.63, 3.8) is 0 Å². The summed E-state index contributed by atoms with van der Waals surface area (Å²) in [7, 11) is 0. The number of nitrogens with one attached hydrogen (secondary N) is 1. The van der Waals surface area contributed by atoms with Gasteiger partial charge in [0.25, 0.3) is 0 Å². The summed E-state index contributed by atoms with van der Waals surface area (Å²) in [6.45, 7) is 0. The minimum Gasteiger partial charge on any atom is -0.457 e. The lowest BCUT2D eigenvalue weighted by atomic mass is 10.2. The Bertz CT molecular complexity index is 1080. The molecule has 0 atom stereocenters. The Kier molecular flexibility index (Phi) is 5.80. The molecule has 0 amide bonds. The average molecular weight is 450 g/mol. The first-order valence-electron chi connectivity index (χ1n) is 8.60. The Morgan fingerprint density at radius 2 is 1.68 bits per heavy atom. The summed E-state index contributed by atoms with van der Waals surface area (Å²) in [6, 6.07) is 25.6.